The molecule has 2 aromatic heterocycles. The van der Waals surface area contributed by atoms with Gasteiger partial charge in [0, 0.05) is 25.8 Å². The fraction of sp³-hybridized carbons (Fsp3) is 0.429. The molecule has 1 aliphatic rings. The van der Waals surface area contributed by atoms with E-state index in [1.165, 1.54) is 0 Å². The van der Waals surface area contributed by atoms with Crippen LogP contribution in [0, 0.1) is 5.92 Å². The second-order valence-corrected chi connectivity index (χ2v) is 5.85. The number of hydrogen-bond acceptors (Lipinski definition) is 3. The maximum Gasteiger partial charge on any atom is 0.224 e. The van der Waals surface area contributed by atoms with Gasteiger partial charge in [0.15, 0.2) is 0 Å². The van der Waals surface area contributed by atoms with Crippen LogP contribution in [0.25, 0.3) is 5.65 Å². The molecule has 6 heteroatoms. The first-order chi connectivity index (χ1) is 9.72. The van der Waals surface area contributed by atoms with Gasteiger partial charge in [0.05, 0.1) is 11.9 Å². The number of amides is 1. The van der Waals surface area contributed by atoms with Crippen molar-refractivity contribution in [2.24, 2.45) is 5.92 Å². The van der Waals surface area contributed by atoms with Crippen molar-refractivity contribution in [2.45, 2.75) is 19.3 Å². The third-order valence-electron chi connectivity index (χ3n) is 3.56. The van der Waals surface area contributed by atoms with Crippen molar-refractivity contribution in [3.05, 3.63) is 29.1 Å². The molecule has 0 saturated carbocycles. The molecule has 0 unspecified atom stereocenters. The van der Waals surface area contributed by atoms with Gasteiger partial charge in [-0.15, -0.1) is 0 Å². The molecule has 1 amide bonds. The SMILES string of the molecule is O=C(CC1CCOCC1)Nc1ccc2ncc(Br)n2c1. The quantitative estimate of drug-likeness (QED) is 0.936. The number of anilines is 1. The number of nitrogens with one attached hydrogen (secondary N) is 1. The number of halogens is 1. The number of rotatable bonds is 3. The second kappa shape index (κ2) is 5.93. The van der Waals surface area contributed by atoms with Crippen LogP contribution in [-0.2, 0) is 9.53 Å². The van der Waals surface area contributed by atoms with Crippen LogP contribution in [0.3, 0.4) is 0 Å². The summed E-state index contributed by atoms with van der Waals surface area (Å²) in [4.78, 5) is 16.3. The Morgan fingerprint density at radius 1 is 1.45 bits per heavy atom. The number of nitrogens with zero attached hydrogens (tertiary/aromatic N) is 2. The smallest absolute Gasteiger partial charge is 0.224 e. The van der Waals surface area contributed by atoms with E-state index in [1.54, 1.807) is 6.20 Å². The van der Waals surface area contributed by atoms with Crippen LogP contribution in [-0.4, -0.2) is 28.5 Å². The fourth-order valence-electron chi connectivity index (χ4n) is 2.45. The van der Waals surface area contributed by atoms with Gasteiger partial charge in [-0.25, -0.2) is 4.98 Å². The highest BCUT2D eigenvalue weighted by atomic mass is 79.9. The van der Waals surface area contributed by atoms with Crippen LogP contribution in [0.5, 0.6) is 0 Å². The van der Waals surface area contributed by atoms with Gasteiger partial charge in [0.2, 0.25) is 5.91 Å². The van der Waals surface area contributed by atoms with Gasteiger partial charge in [-0.2, -0.15) is 0 Å². The van der Waals surface area contributed by atoms with Crippen molar-refractivity contribution in [1.82, 2.24) is 9.38 Å². The first-order valence-electron chi connectivity index (χ1n) is 6.72. The molecule has 0 spiro atoms. The molecule has 0 bridgehead atoms. The van der Waals surface area contributed by atoms with Gasteiger partial charge >= 0.3 is 0 Å². The van der Waals surface area contributed by atoms with Crippen molar-refractivity contribution in [3.8, 4) is 0 Å². The van der Waals surface area contributed by atoms with Gasteiger partial charge in [0.1, 0.15) is 10.3 Å². The lowest BCUT2D eigenvalue weighted by Crippen LogP contribution is -2.22. The largest absolute Gasteiger partial charge is 0.381 e. The van der Waals surface area contributed by atoms with E-state index in [2.05, 4.69) is 26.2 Å². The van der Waals surface area contributed by atoms with Crippen LogP contribution < -0.4 is 5.32 Å². The standard InChI is InChI=1S/C14H16BrN3O2/c15-12-8-16-13-2-1-11(9-18(12)13)17-14(19)7-10-3-5-20-6-4-10/h1-2,8-10H,3-7H2,(H,17,19). The van der Waals surface area contributed by atoms with Gasteiger partial charge in [0.25, 0.3) is 0 Å². The number of fused-ring (bicyclic) bond motifs is 1. The molecule has 1 saturated heterocycles. The average Bonchev–Trinajstić information content (AvgIpc) is 2.81. The highest BCUT2D eigenvalue weighted by molar-refractivity contribution is 9.10. The molecular formula is C14H16BrN3O2. The zero-order chi connectivity index (χ0) is 13.9. The van der Waals surface area contributed by atoms with Crippen LogP contribution in [0.1, 0.15) is 19.3 Å². The first kappa shape index (κ1) is 13.6. The molecule has 20 heavy (non-hydrogen) atoms. The minimum absolute atomic E-state index is 0.0625. The highest BCUT2D eigenvalue weighted by Crippen LogP contribution is 2.20. The Labute approximate surface area is 125 Å². The summed E-state index contributed by atoms with van der Waals surface area (Å²) in [5.74, 6) is 0.500. The minimum Gasteiger partial charge on any atom is -0.381 e. The predicted molar refractivity (Wildman–Crippen MR) is 79.7 cm³/mol. The number of carbonyl (C=O) groups excluding carboxylic acids is 1. The number of carbonyl (C=O) groups is 1. The van der Waals surface area contributed by atoms with E-state index in [0.717, 1.165) is 42.0 Å². The topological polar surface area (TPSA) is 55.6 Å². The summed E-state index contributed by atoms with van der Waals surface area (Å²) in [6.07, 6.45) is 6.11. The summed E-state index contributed by atoms with van der Waals surface area (Å²) in [6.45, 7) is 1.54. The summed E-state index contributed by atoms with van der Waals surface area (Å²) < 4.78 is 8.07. The van der Waals surface area contributed by atoms with Crippen molar-refractivity contribution < 1.29 is 9.53 Å². The minimum atomic E-state index is 0.0625. The Morgan fingerprint density at radius 2 is 2.25 bits per heavy atom. The molecule has 3 rings (SSSR count). The third-order valence-corrected chi connectivity index (χ3v) is 4.15. The zero-order valence-corrected chi connectivity index (χ0v) is 12.6. The highest BCUT2D eigenvalue weighted by Gasteiger charge is 2.17. The van der Waals surface area contributed by atoms with Crippen molar-refractivity contribution in [1.29, 1.82) is 0 Å². The molecule has 1 aliphatic heterocycles. The summed E-state index contributed by atoms with van der Waals surface area (Å²) in [6, 6.07) is 3.76. The molecule has 0 radical (unpaired) electrons. The Hall–Kier alpha value is -1.40. The number of aromatic nitrogens is 2. The van der Waals surface area contributed by atoms with E-state index in [-0.39, 0.29) is 5.91 Å². The van der Waals surface area contributed by atoms with Gasteiger partial charge < -0.3 is 10.1 Å². The average molecular weight is 338 g/mol. The van der Waals surface area contributed by atoms with Crippen LogP contribution in [0.4, 0.5) is 5.69 Å². The summed E-state index contributed by atoms with van der Waals surface area (Å²) in [5, 5.41) is 2.95. The van der Waals surface area contributed by atoms with E-state index >= 15 is 0 Å². The van der Waals surface area contributed by atoms with Crippen molar-refractivity contribution in [3.63, 3.8) is 0 Å². The Balaban J connectivity index is 1.65. The molecule has 2 aromatic rings. The molecule has 0 aliphatic carbocycles. The zero-order valence-electron chi connectivity index (χ0n) is 11.0. The third kappa shape index (κ3) is 3.02. The molecule has 1 fully saturated rings. The van der Waals surface area contributed by atoms with Gasteiger partial charge in [-0.05, 0) is 46.8 Å². The lowest BCUT2D eigenvalue weighted by molar-refractivity contribution is -0.117. The number of hydrogen-bond donors (Lipinski definition) is 1. The first-order valence-corrected chi connectivity index (χ1v) is 7.52. The predicted octanol–water partition coefficient (Wildman–Crippen LogP) is 2.85. The Bertz CT molecular complexity index is 620. The molecule has 5 nitrogen and oxygen atoms in total. The van der Waals surface area contributed by atoms with Crippen molar-refractivity contribution >= 4 is 33.2 Å². The van der Waals surface area contributed by atoms with E-state index in [9.17, 15) is 4.79 Å². The Morgan fingerprint density at radius 3 is 3.05 bits per heavy atom. The molecule has 1 N–H and O–H groups in total. The van der Waals surface area contributed by atoms with Crippen LogP contribution in [0.2, 0.25) is 0 Å². The van der Waals surface area contributed by atoms with Crippen LogP contribution >= 0.6 is 15.9 Å². The molecule has 0 atom stereocenters. The van der Waals surface area contributed by atoms with Gasteiger partial charge in [-0.1, -0.05) is 0 Å². The summed E-state index contributed by atoms with van der Waals surface area (Å²) in [5.41, 5.74) is 1.63. The monoisotopic (exact) mass is 337 g/mol. The summed E-state index contributed by atoms with van der Waals surface area (Å²) in [7, 11) is 0. The van der Waals surface area contributed by atoms with Gasteiger partial charge in [-0.3, -0.25) is 9.20 Å². The maximum atomic E-state index is 12.1. The Kier molecular flexibility index (Phi) is 4.03. The van der Waals surface area contributed by atoms with E-state index in [0.29, 0.717) is 12.3 Å². The van der Waals surface area contributed by atoms with E-state index in [1.807, 2.05) is 22.7 Å². The van der Waals surface area contributed by atoms with Crippen molar-refractivity contribution in [2.75, 3.05) is 18.5 Å². The van der Waals surface area contributed by atoms with E-state index < -0.39 is 0 Å². The lowest BCUT2D eigenvalue weighted by atomic mass is 9.96. The molecule has 3 heterocycles. The lowest BCUT2D eigenvalue weighted by Gasteiger charge is -2.21. The number of pyridine rings is 1. The number of imidazole rings is 1. The maximum absolute atomic E-state index is 12.1. The van der Waals surface area contributed by atoms with E-state index in [4.69, 9.17) is 4.74 Å². The summed E-state index contributed by atoms with van der Waals surface area (Å²) >= 11 is 3.42. The molecular weight excluding hydrogens is 322 g/mol. The van der Waals surface area contributed by atoms with Crippen LogP contribution in [0.15, 0.2) is 29.1 Å². The second-order valence-electron chi connectivity index (χ2n) is 5.03. The molecule has 106 valence electrons. The fourth-order valence-corrected chi connectivity index (χ4v) is 2.84. The number of ether oxygens (including phenoxy) is 1. The normalized spacial score (nSPS) is 16.4. The molecule has 0 aromatic carbocycles.